The highest BCUT2D eigenvalue weighted by atomic mass is 16.5. The first-order valence-electron chi connectivity index (χ1n) is 5.80. The molecule has 0 bridgehead atoms. The van der Waals surface area contributed by atoms with Gasteiger partial charge >= 0.3 is 0 Å². The van der Waals surface area contributed by atoms with E-state index in [-0.39, 0.29) is 0 Å². The van der Waals surface area contributed by atoms with Crippen molar-refractivity contribution in [1.29, 1.82) is 0 Å². The van der Waals surface area contributed by atoms with Crippen LogP contribution in [0, 0.1) is 6.92 Å². The molecule has 0 spiro atoms. The minimum absolute atomic E-state index is 0.296. The fourth-order valence-electron chi connectivity index (χ4n) is 1.80. The summed E-state index contributed by atoms with van der Waals surface area (Å²) in [5.74, 6) is 1.14. The van der Waals surface area contributed by atoms with Gasteiger partial charge < -0.3 is 9.84 Å². The summed E-state index contributed by atoms with van der Waals surface area (Å²) in [7, 11) is 1.65. The number of ether oxygens (including phenoxy) is 1. The Kier molecular flexibility index (Phi) is 3.68. The maximum Gasteiger partial charge on any atom is 0.118 e. The molecule has 0 atom stereocenters. The zero-order valence-corrected chi connectivity index (χ0v) is 10.6. The molecule has 0 aromatic heterocycles. The van der Waals surface area contributed by atoms with Gasteiger partial charge in [0.05, 0.1) is 7.11 Å². The predicted molar refractivity (Wildman–Crippen MR) is 74.8 cm³/mol. The molecule has 0 amide bonds. The maximum atomic E-state index is 9.51. The van der Waals surface area contributed by atoms with Crippen LogP contribution in [0.4, 0.5) is 0 Å². The van der Waals surface area contributed by atoms with Crippen LogP contribution in [-0.2, 0) is 0 Å². The molecular weight excluding hydrogens is 224 g/mol. The smallest absolute Gasteiger partial charge is 0.118 e. The highest BCUT2D eigenvalue weighted by Gasteiger charge is 1.94. The summed E-state index contributed by atoms with van der Waals surface area (Å²) in [5.41, 5.74) is 3.13. The van der Waals surface area contributed by atoms with Crippen LogP contribution in [0.2, 0.25) is 0 Å². The third-order valence-electron chi connectivity index (χ3n) is 2.67. The van der Waals surface area contributed by atoms with E-state index in [1.54, 1.807) is 19.2 Å². The SMILES string of the molecule is COc1ccc(/C=C\c2cc(C)cc(O)c2)cc1. The zero-order chi connectivity index (χ0) is 13.0. The van der Waals surface area contributed by atoms with Crippen molar-refractivity contribution >= 4 is 12.2 Å². The Balaban J connectivity index is 2.18. The lowest BCUT2D eigenvalue weighted by molar-refractivity contribution is 0.415. The van der Waals surface area contributed by atoms with Crippen LogP contribution in [0.3, 0.4) is 0 Å². The molecule has 2 heteroatoms. The first-order valence-corrected chi connectivity index (χ1v) is 5.80. The number of phenols is 1. The van der Waals surface area contributed by atoms with Gasteiger partial charge in [0.15, 0.2) is 0 Å². The number of hydrogen-bond acceptors (Lipinski definition) is 2. The van der Waals surface area contributed by atoms with Gasteiger partial charge in [0.25, 0.3) is 0 Å². The van der Waals surface area contributed by atoms with Crippen LogP contribution in [0.25, 0.3) is 12.2 Å². The molecule has 1 N–H and O–H groups in total. The Morgan fingerprint density at radius 1 is 0.944 bits per heavy atom. The molecule has 0 saturated heterocycles. The average molecular weight is 240 g/mol. The quantitative estimate of drug-likeness (QED) is 0.825. The highest BCUT2D eigenvalue weighted by molar-refractivity contribution is 5.70. The first kappa shape index (κ1) is 12.2. The van der Waals surface area contributed by atoms with Crippen LogP contribution >= 0.6 is 0 Å². The highest BCUT2D eigenvalue weighted by Crippen LogP contribution is 2.18. The van der Waals surface area contributed by atoms with Crippen LogP contribution in [0.5, 0.6) is 11.5 Å². The fraction of sp³-hybridized carbons (Fsp3) is 0.125. The van der Waals surface area contributed by atoms with E-state index in [4.69, 9.17) is 4.74 Å². The topological polar surface area (TPSA) is 29.5 Å². The van der Waals surface area contributed by atoms with E-state index in [1.807, 2.05) is 49.4 Å². The number of benzene rings is 2. The Hall–Kier alpha value is -2.22. The molecule has 2 nitrogen and oxygen atoms in total. The van der Waals surface area contributed by atoms with E-state index in [1.165, 1.54) is 0 Å². The Morgan fingerprint density at radius 2 is 1.61 bits per heavy atom. The number of aryl methyl sites for hydroxylation is 1. The summed E-state index contributed by atoms with van der Waals surface area (Å²) < 4.78 is 5.11. The van der Waals surface area contributed by atoms with Crippen molar-refractivity contribution in [3.05, 3.63) is 59.2 Å². The molecule has 2 rings (SSSR count). The van der Waals surface area contributed by atoms with Crippen molar-refractivity contribution in [2.75, 3.05) is 7.11 Å². The molecule has 2 aromatic rings. The fourth-order valence-corrected chi connectivity index (χ4v) is 1.80. The van der Waals surface area contributed by atoms with E-state index in [2.05, 4.69) is 0 Å². The van der Waals surface area contributed by atoms with Gasteiger partial charge in [-0.1, -0.05) is 30.4 Å². The van der Waals surface area contributed by atoms with Crippen molar-refractivity contribution in [3.8, 4) is 11.5 Å². The number of phenolic OH excluding ortho intramolecular Hbond substituents is 1. The summed E-state index contributed by atoms with van der Waals surface area (Å²) >= 11 is 0. The zero-order valence-electron chi connectivity index (χ0n) is 10.6. The Bertz CT molecular complexity index is 534. The van der Waals surface area contributed by atoms with Gasteiger partial charge in [-0.3, -0.25) is 0 Å². The summed E-state index contributed by atoms with van der Waals surface area (Å²) in [4.78, 5) is 0. The molecule has 18 heavy (non-hydrogen) atoms. The molecule has 2 aromatic carbocycles. The van der Waals surface area contributed by atoms with Crippen LogP contribution in [0.1, 0.15) is 16.7 Å². The lowest BCUT2D eigenvalue weighted by Crippen LogP contribution is -1.81. The second-order valence-corrected chi connectivity index (χ2v) is 4.21. The predicted octanol–water partition coefficient (Wildman–Crippen LogP) is 3.88. The second kappa shape index (κ2) is 5.41. The first-order chi connectivity index (χ1) is 8.67. The number of hydrogen-bond donors (Lipinski definition) is 1. The van der Waals surface area contributed by atoms with E-state index in [0.29, 0.717) is 5.75 Å². The number of rotatable bonds is 3. The van der Waals surface area contributed by atoms with Gasteiger partial charge in [0.2, 0.25) is 0 Å². The molecule has 0 heterocycles. The van der Waals surface area contributed by atoms with Gasteiger partial charge in [-0.25, -0.2) is 0 Å². The molecule has 0 fully saturated rings. The Labute approximate surface area is 107 Å². The summed E-state index contributed by atoms with van der Waals surface area (Å²) in [6, 6.07) is 13.3. The summed E-state index contributed by atoms with van der Waals surface area (Å²) in [5, 5.41) is 9.51. The van der Waals surface area contributed by atoms with E-state index < -0.39 is 0 Å². The molecular formula is C16H16O2. The van der Waals surface area contributed by atoms with Gasteiger partial charge in [-0.05, 0) is 47.9 Å². The summed E-state index contributed by atoms with van der Waals surface area (Å²) in [6.07, 6.45) is 3.99. The minimum Gasteiger partial charge on any atom is -0.508 e. The largest absolute Gasteiger partial charge is 0.508 e. The minimum atomic E-state index is 0.296. The normalized spacial score (nSPS) is 10.8. The van der Waals surface area contributed by atoms with E-state index >= 15 is 0 Å². The molecule has 0 radical (unpaired) electrons. The third-order valence-corrected chi connectivity index (χ3v) is 2.67. The van der Waals surface area contributed by atoms with Gasteiger partial charge in [-0.15, -0.1) is 0 Å². The standard InChI is InChI=1S/C16H16O2/c1-12-9-14(11-15(17)10-12)4-3-13-5-7-16(18-2)8-6-13/h3-11,17H,1-2H3/b4-3-. The van der Waals surface area contributed by atoms with Crippen molar-refractivity contribution in [2.45, 2.75) is 6.92 Å². The molecule has 0 aliphatic heterocycles. The molecule has 0 unspecified atom stereocenters. The van der Waals surface area contributed by atoms with Crippen molar-refractivity contribution in [2.24, 2.45) is 0 Å². The monoisotopic (exact) mass is 240 g/mol. The lowest BCUT2D eigenvalue weighted by atomic mass is 10.1. The van der Waals surface area contributed by atoms with Gasteiger partial charge in [0.1, 0.15) is 11.5 Å². The van der Waals surface area contributed by atoms with Gasteiger partial charge in [0, 0.05) is 0 Å². The molecule has 92 valence electrons. The maximum absolute atomic E-state index is 9.51. The third kappa shape index (κ3) is 3.14. The van der Waals surface area contributed by atoms with E-state index in [9.17, 15) is 5.11 Å². The van der Waals surface area contributed by atoms with Crippen molar-refractivity contribution in [1.82, 2.24) is 0 Å². The lowest BCUT2D eigenvalue weighted by Gasteiger charge is -2.00. The number of aromatic hydroxyl groups is 1. The van der Waals surface area contributed by atoms with Crippen LogP contribution < -0.4 is 4.74 Å². The summed E-state index contributed by atoms with van der Waals surface area (Å²) in [6.45, 7) is 1.96. The second-order valence-electron chi connectivity index (χ2n) is 4.21. The van der Waals surface area contributed by atoms with Gasteiger partial charge in [-0.2, -0.15) is 0 Å². The molecule has 0 saturated carbocycles. The average Bonchev–Trinajstić information content (AvgIpc) is 2.36. The van der Waals surface area contributed by atoms with Crippen molar-refractivity contribution < 1.29 is 9.84 Å². The Morgan fingerprint density at radius 3 is 2.22 bits per heavy atom. The van der Waals surface area contributed by atoms with Crippen LogP contribution in [0.15, 0.2) is 42.5 Å². The molecule has 0 aliphatic rings. The molecule has 0 aliphatic carbocycles. The van der Waals surface area contributed by atoms with Crippen LogP contribution in [-0.4, -0.2) is 12.2 Å². The van der Waals surface area contributed by atoms with E-state index in [0.717, 1.165) is 22.4 Å². The number of methoxy groups -OCH3 is 1. The van der Waals surface area contributed by atoms with Crippen molar-refractivity contribution in [3.63, 3.8) is 0 Å².